The van der Waals surface area contributed by atoms with E-state index in [1.807, 2.05) is 6.07 Å². The van der Waals surface area contributed by atoms with Gasteiger partial charge in [-0.25, -0.2) is 0 Å². The van der Waals surface area contributed by atoms with Crippen LogP contribution in [0.1, 0.15) is 104 Å². The van der Waals surface area contributed by atoms with E-state index < -0.39 is 11.4 Å². The Balaban J connectivity index is 2.49. The first-order valence-corrected chi connectivity index (χ1v) is 11.2. The van der Waals surface area contributed by atoms with E-state index in [0.717, 1.165) is 56.1 Å². The lowest BCUT2D eigenvalue weighted by molar-refractivity contribution is -0.147. The first kappa shape index (κ1) is 25.3. The molecule has 0 aliphatic carbocycles. The summed E-state index contributed by atoms with van der Waals surface area (Å²) in [6.45, 7) is 10.4. The van der Waals surface area contributed by atoms with E-state index in [9.17, 15) is 20.1 Å². The van der Waals surface area contributed by atoms with Crippen LogP contribution in [0, 0.1) is 10.8 Å². The molecular weight excluding hydrogens is 364 g/mol. The summed E-state index contributed by atoms with van der Waals surface area (Å²) in [5, 5.41) is 29.4. The minimum absolute atomic E-state index is 0.0317. The van der Waals surface area contributed by atoms with Crippen molar-refractivity contribution in [1.82, 2.24) is 0 Å². The Bertz CT molecular complexity index is 641. The quantitative estimate of drug-likeness (QED) is 0.247. The second kappa shape index (κ2) is 11.5. The maximum atomic E-state index is 11.2. The third-order valence-electron chi connectivity index (χ3n) is 5.79. The molecule has 0 spiro atoms. The molecule has 0 aliphatic heterocycles. The SMILES string of the molecule is CC(C)(C)CCCCCCc1c(CCCCCC(C)(C)C(=O)O)ccc(O)c1O. The van der Waals surface area contributed by atoms with Gasteiger partial charge in [0.1, 0.15) is 0 Å². The number of aliphatic carboxylic acids is 1. The molecule has 0 bridgehead atoms. The number of carboxylic acid groups (broad SMARTS) is 1. The Morgan fingerprint density at radius 2 is 1.34 bits per heavy atom. The Morgan fingerprint density at radius 3 is 1.97 bits per heavy atom. The van der Waals surface area contributed by atoms with Crippen LogP contribution in [0.15, 0.2) is 12.1 Å². The molecule has 0 aromatic heterocycles. The number of hydrogen-bond acceptors (Lipinski definition) is 3. The summed E-state index contributed by atoms with van der Waals surface area (Å²) in [5.74, 6) is -0.755. The number of phenols is 2. The number of unbranched alkanes of at least 4 members (excludes halogenated alkanes) is 5. The summed E-state index contributed by atoms with van der Waals surface area (Å²) in [4.78, 5) is 11.2. The monoisotopic (exact) mass is 406 g/mol. The lowest BCUT2D eigenvalue weighted by atomic mass is 9.86. The van der Waals surface area contributed by atoms with Crippen LogP contribution in [0.3, 0.4) is 0 Å². The van der Waals surface area contributed by atoms with Crippen LogP contribution in [0.5, 0.6) is 11.5 Å². The highest BCUT2D eigenvalue weighted by molar-refractivity contribution is 5.73. The highest BCUT2D eigenvalue weighted by Gasteiger charge is 2.26. The first-order valence-electron chi connectivity index (χ1n) is 11.2. The zero-order chi connectivity index (χ0) is 22.1. The lowest BCUT2D eigenvalue weighted by Gasteiger charge is -2.18. The van der Waals surface area contributed by atoms with Gasteiger partial charge in [-0.3, -0.25) is 4.79 Å². The number of hydrogen-bond donors (Lipinski definition) is 3. The van der Waals surface area contributed by atoms with Crippen LogP contribution in [0.25, 0.3) is 0 Å². The maximum Gasteiger partial charge on any atom is 0.309 e. The van der Waals surface area contributed by atoms with Gasteiger partial charge in [0.15, 0.2) is 11.5 Å². The zero-order valence-electron chi connectivity index (χ0n) is 19.2. The van der Waals surface area contributed by atoms with Crippen molar-refractivity contribution >= 4 is 5.97 Å². The first-order chi connectivity index (χ1) is 13.4. The smallest absolute Gasteiger partial charge is 0.309 e. The average Bonchev–Trinajstić information content (AvgIpc) is 2.61. The van der Waals surface area contributed by atoms with E-state index in [4.69, 9.17) is 0 Å². The van der Waals surface area contributed by atoms with Gasteiger partial charge in [0.25, 0.3) is 0 Å². The van der Waals surface area contributed by atoms with Crippen LogP contribution in [0.2, 0.25) is 0 Å². The largest absolute Gasteiger partial charge is 0.504 e. The van der Waals surface area contributed by atoms with Gasteiger partial charge in [0.05, 0.1) is 5.41 Å². The van der Waals surface area contributed by atoms with Gasteiger partial charge in [-0.2, -0.15) is 0 Å². The second-order valence-corrected chi connectivity index (χ2v) is 10.3. The molecule has 4 nitrogen and oxygen atoms in total. The number of phenolic OH excluding ortho intramolecular Hbond substituents is 2. The van der Waals surface area contributed by atoms with Gasteiger partial charge >= 0.3 is 5.97 Å². The number of aryl methyl sites for hydroxylation is 1. The molecule has 1 rings (SSSR count). The summed E-state index contributed by atoms with van der Waals surface area (Å²) >= 11 is 0. The van der Waals surface area contributed by atoms with Crippen LogP contribution in [-0.4, -0.2) is 21.3 Å². The molecule has 29 heavy (non-hydrogen) atoms. The van der Waals surface area contributed by atoms with E-state index in [1.54, 1.807) is 19.9 Å². The van der Waals surface area contributed by atoms with Crippen LogP contribution in [0.4, 0.5) is 0 Å². The molecule has 3 N–H and O–H groups in total. The second-order valence-electron chi connectivity index (χ2n) is 10.3. The Labute approximate surface area is 177 Å². The molecule has 0 radical (unpaired) electrons. The van der Waals surface area contributed by atoms with Gasteiger partial charge in [-0.15, -0.1) is 0 Å². The van der Waals surface area contributed by atoms with Crippen molar-refractivity contribution in [3.05, 3.63) is 23.3 Å². The number of carboxylic acids is 1. The Kier molecular flexibility index (Phi) is 10.0. The molecule has 0 amide bonds. The van der Waals surface area contributed by atoms with Crippen molar-refractivity contribution in [2.24, 2.45) is 10.8 Å². The third-order valence-corrected chi connectivity index (χ3v) is 5.79. The fourth-order valence-electron chi connectivity index (χ4n) is 3.66. The topological polar surface area (TPSA) is 77.8 Å². The van der Waals surface area contributed by atoms with Gasteiger partial charge in [0, 0.05) is 5.56 Å². The summed E-state index contributed by atoms with van der Waals surface area (Å²) in [6.07, 6.45) is 10.9. The number of benzene rings is 1. The molecule has 0 fully saturated rings. The van der Waals surface area contributed by atoms with Crippen LogP contribution < -0.4 is 0 Å². The predicted octanol–water partition coefficient (Wildman–Crippen LogP) is 6.85. The van der Waals surface area contributed by atoms with E-state index in [-0.39, 0.29) is 11.5 Å². The average molecular weight is 407 g/mol. The maximum absolute atomic E-state index is 11.2. The molecule has 1 aromatic carbocycles. The molecule has 0 saturated heterocycles. The van der Waals surface area contributed by atoms with Gasteiger partial charge in [-0.1, -0.05) is 58.9 Å². The van der Waals surface area contributed by atoms with Crippen molar-refractivity contribution in [1.29, 1.82) is 0 Å². The van der Waals surface area contributed by atoms with Crippen molar-refractivity contribution in [2.45, 2.75) is 105 Å². The summed E-state index contributed by atoms with van der Waals surface area (Å²) < 4.78 is 0. The highest BCUT2D eigenvalue weighted by Crippen LogP contribution is 2.34. The van der Waals surface area contributed by atoms with E-state index in [0.29, 0.717) is 11.8 Å². The Morgan fingerprint density at radius 1 is 0.793 bits per heavy atom. The van der Waals surface area contributed by atoms with Gasteiger partial charge in [-0.05, 0) is 69.4 Å². The minimum atomic E-state index is -0.745. The predicted molar refractivity (Wildman–Crippen MR) is 120 cm³/mol. The third kappa shape index (κ3) is 9.56. The molecule has 0 saturated carbocycles. The number of carbonyl (C=O) groups is 1. The zero-order valence-corrected chi connectivity index (χ0v) is 19.2. The Hall–Kier alpha value is -1.71. The molecule has 0 aliphatic rings. The van der Waals surface area contributed by atoms with Crippen molar-refractivity contribution in [3.8, 4) is 11.5 Å². The molecular formula is C25H42O4. The highest BCUT2D eigenvalue weighted by atomic mass is 16.4. The summed E-state index contributed by atoms with van der Waals surface area (Å²) in [5.41, 5.74) is 1.70. The van der Waals surface area contributed by atoms with Crippen molar-refractivity contribution < 1.29 is 20.1 Å². The molecule has 0 heterocycles. The fourth-order valence-corrected chi connectivity index (χ4v) is 3.66. The van der Waals surface area contributed by atoms with E-state index >= 15 is 0 Å². The van der Waals surface area contributed by atoms with Crippen LogP contribution in [-0.2, 0) is 17.6 Å². The fraction of sp³-hybridized carbons (Fsp3) is 0.720. The summed E-state index contributed by atoms with van der Waals surface area (Å²) in [7, 11) is 0. The molecule has 166 valence electrons. The normalized spacial score (nSPS) is 12.3. The van der Waals surface area contributed by atoms with E-state index in [2.05, 4.69) is 20.8 Å². The minimum Gasteiger partial charge on any atom is -0.504 e. The van der Waals surface area contributed by atoms with Crippen LogP contribution >= 0.6 is 0 Å². The van der Waals surface area contributed by atoms with E-state index in [1.165, 1.54) is 19.3 Å². The molecule has 0 unspecified atom stereocenters. The summed E-state index contributed by atoms with van der Waals surface area (Å²) in [6, 6.07) is 3.50. The van der Waals surface area contributed by atoms with Gasteiger partial charge < -0.3 is 15.3 Å². The standard InChI is InChI=1S/C25H42O4/c1-24(2,3)17-11-7-6-10-14-20-19(15-16-21(26)22(20)27)13-9-8-12-18-25(4,5)23(28)29/h15-16,26-27H,6-14,17-18H2,1-5H3,(H,28,29). The van der Waals surface area contributed by atoms with Crippen molar-refractivity contribution in [2.75, 3.05) is 0 Å². The molecule has 1 aromatic rings. The molecule has 0 atom stereocenters. The lowest BCUT2D eigenvalue weighted by Crippen LogP contribution is -2.23. The molecule has 4 heteroatoms. The van der Waals surface area contributed by atoms with Gasteiger partial charge in [0.2, 0.25) is 0 Å². The number of rotatable bonds is 13. The van der Waals surface area contributed by atoms with Crippen molar-refractivity contribution in [3.63, 3.8) is 0 Å². The number of aromatic hydroxyl groups is 2.